The maximum absolute atomic E-state index is 12.9. The number of anilines is 2. The van der Waals surface area contributed by atoms with Crippen molar-refractivity contribution in [3.8, 4) is 5.75 Å². The number of nitrogens with zero attached hydrogens (tertiary/aromatic N) is 3. The predicted octanol–water partition coefficient (Wildman–Crippen LogP) is 3.00. The topological polar surface area (TPSA) is 36.0 Å². The van der Waals surface area contributed by atoms with Crippen LogP contribution in [-0.2, 0) is 6.42 Å². The first-order valence-corrected chi connectivity index (χ1v) is 8.79. The monoisotopic (exact) mass is 337 g/mol. The average Bonchev–Trinajstić information content (AvgIpc) is 3.12. The highest BCUT2D eigenvalue weighted by atomic mass is 16.5. The molecule has 2 heterocycles. The van der Waals surface area contributed by atoms with Crippen LogP contribution in [0.15, 0.2) is 48.5 Å². The number of hydrogen-bond donors (Lipinski definition) is 0. The van der Waals surface area contributed by atoms with Gasteiger partial charge in [-0.1, -0.05) is 18.2 Å². The van der Waals surface area contributed by atoms with Gasteiger partial charge in [-0.25, -0.2) is 4.79 Å². The number of carbonyl (C=O) groups excluding carboxylic acids is 1. The number of hydrogen-bond acceptors (Lipinski definition) is 3. The third-order valence-electron chi connectivity index (χ3n) is 5.11. The van der Waals surface area contributed by atoms with E-state index in [0.29, 0.717) is 0 Å². The predicted molar refractivity (Wildman–Crippen MR) is 99.7 cm³/mol. The lowest BCUT2D eigenvalue weighted by Gasteiger charge is -2.37. The third-order valence-corrected chi connectivity index (χ3v) is 5.11. The van der Waals surface area contributed by atoms with E-state index in [1.165, 1.54) is 11.3 Å². The molecule has 5 heteroatoms. The number of rotatable bonds is 2. The number of fused-ring (bicyclic) bond motifs is 1. The summed E-state index contributed by atoms with van der Waals surface area (Å²) in [7, 11) is 1.68. The number of ether oxygens (including phenoxy) is 1. The first-order valence-electron chi connectivity index (χ1n) is 8.79. The lowest BCUT2D eigenvalue weighted by molar-refractivity contribution is 0.201. The Hall–Kier alpha value is -2.69. The molecule has 2 aromatic carbocycles. The van der Waals surface area contributed by atoms with Gasteiger partial charge in [0, 0.05) is 44.1 Å². The summed E-state index contributed by atoms with van der Waals surface area (Å²) < 4.78 is 5.21. The van der Waals surface area contributed by atoms with Crippen LogP contribution in [0.25, 0.3) is 0 Å². The number of para-hydroxylation sites is 1. The van der Waals surface area contributed by atoms with Gasteiger partial charge < -0.3 is 14.5 Å². The number of amides is 2. The van der Waals surface area contributed by atoms with Gasteiger partial charge in [0.05, 0.1) is 7.11 Å². The molecule has 0 N–H and O–H groups in total. The SMILES string of the molecule is COc1ccc(N2CCN(C(=O)N3CCc4ccccc43)CC2)cc1. The lowest BCUT2D eigenvalue weighted by Crippen LogP contribution is -2.52. The molecule has 0 bridgehead atoms. The second-order valence-electron chi connectivity index (χ2n) is 6.49. The highest BCUT2D eigenvalue weighted by Crippen LogP contribution is 2.29. The molecule has 0 spiro atoms. The molecule has 2 amide bonds. The molecule has 2 aromatic rings. The minimum Gasteiger partial charge on any atom is -0.497 e. The molecule has 0 atom stereocenters. The van der Waals surface area contributed by atoms with Gasteiger partial charge in [-0.05, 0) is 42.3 Å². The van der Waals surface area contributed by atoms with E-state index in [1.54, 1.807) is 7.11 Å². The zero-order valence-corrected chi connectivity index (χ0v) is 14.5. The Morgan fingerprint density at radius 2 is 1.64 bits per heavy atom. The first-order chi connectivity index (χ1) is 12.3. The minimum absolute atomic E-state index is 0.138. The van der Waals surface area contributed by atoms with E-state index in [-0.39, 0.29) is 6.03 Å². The van der Waals surface area contributed by atoms with Crippen molar-refractivity contribution in [1.82, 2.24) is 4.90 Å². The maximum atomic E-state index is 12.9. The van der Waals surface area contributed by atoms with Crippen LogP contribution in [-0.4, -0.2) is 50.8 Å². The van der Waals surface area contributed by atoms with E-state index in [4.69, 9.17) is 4.74 Å². The number of benzene rings is 2. The van der Waals surface area contributed by atoms with Crippen molar-refractivity contribution >= 4 is 17.4 Å². The van der Waals surface area contributed by atoms with Crippen LogP contribution in [0.3, 0.4) is 0 Å². The zero-order valence-electron chi connectivity index (χ0n) is 14.5. The molecule has 1 fully saturated rings. The van der Waals surface area contributed by atoms with Crippen molar-refractivity contribution in [2.45, 2.75) is 6.42 Å². The molecule has 2 aliphatic rings. The second kappa shape index (κ2) is 6.67. The summed E-state index contributed by atoms with van der Waals surface area (Å²) in [5.41, 5.74) is 3.53. The quantitative estimate of drug-likeness (QED) is 0.845. The van der Waals surface area contributed by atoms with Crippen LogP contribution in [0.5, 0.6) is 5.75 Å². The standard InChI is InChI=1S/C20H23N3O2/c1-25-18-8-6-17(7-9-18)21-12-14-22(15-13-21)20(24)23-11-10-16-4-2-3-5-19(16)23/h2-9H,10-15H2,1H3. The molecule has 25 heavy (non-hydrogen) atoms. The van der Waals surface area contributed by atoms with Crippen LogP contribution in [0, 0.1) is 0 Å². The van der Waals surface area contributed by atoms with Gasteiger partial charge in [-0.3, -0.25) is 4.90 Å². The second-order valence-corrected chi connectivity index (χ2v) is 6.49. The lowest BCUT2D eigenvalue weighted by atomic mass is 10.2. The largest absolute Gasteiger partial charge is 0.497 e. The van der Waals surface area contributed by atoms with Gasteiger partial charge in [0.1, 0.15) is 5.75 Å². The zero-order chi connectivity index (χ0) is 17.2. The number of carbonyl (C=O) groups is 1. The Labute approximate surface area is 148 Å². The summed E-state index contributed by atoms with van der Waals surface area (Å²) in [5.74, 6) is 0.866. The van der Waals surface area contributed by atoms with Crippen LogP contribution < -0.4 is 14.5 Å². The van der Waals surface area contributed by atoms with Gasteiger partial charge in [0.25, 0.3) is 0 Å². The van der Waals surface area contributed by atoms with E-state index in [2.05, 4.69) is 23.1 Å². The molecule has 2 aliphatic heterocycles. The Kier molecular flexibility index (Phi) is 4.22. The summed E-state index contributed by atoms with van der Waals surface area (Å²) in [6, 6.07) is 16.5. The molecular formula is C20H23N3O2. The maximum Gasteiger partial charge on any atom is 0.324 e. The van der Waals surface area contributed by atoms with Crippen LogP contribution in [0.2, 0.25) is 0 Å². The third kappa shape index (κ3) is 3.02. The van der Waals surface area contributed by atoms with Gasteiger partial charge in [-0.2, -0.15) is 0 Å². The van der Waals surface area contributed by atoms with E-state index in [9.17, 15) is 4.79 Å². The number of piperazine rings is 1. The Morgan fingerprint density at radius 1 is 0.920 bits per heavy atom. The number of urea groups is 1. The molecule has 0 aliphatic carbocycles. The van der Waals surface area contributed by atoms with Gasteiger partial charge >= 0.3 is 6.03 Å². The molecule has 4 rings (SSSR count). The van der Waals surface area contributed by atoms with Crippen LogP contribution in [0.1, 0.15) is 5.56 Å². The summed E-state index contributed by atoms with van der Waals surface area (Å²) in [6.07, 6.45) is 0.952. The van der Waals surface area contributed by atoms with E-state index in [0.717, 1.165) is 50.6 Å². The molecule has 130 valence electrons. The fourth-order valence-electron chi connectivity index (χ4n) is 3.66. The van der Waals surface area contributed by atoms with Crippen molar-refractivity contribution in [3.63, 3.8) is 0 Å². The van der Waals surface area contributed by atoms with E-state index >= 15 is 0 Å². The minimum atomic E-state index is 0.138. The summed E-state index contributed by atoms with van der Waals surface area (Å²) >= 11 is 0. The highest BCUT2D eigenvalue weighted by molar-refractivity contribution is 5.94. The van der Waals surface area contributed by atoms with Crippen LogP contribution in [0.4, 0.5) is 16.2 Å². The Morgan fingerprint density at radius 3 is 2.36 bits per heavy atom. The smallest absolute Gasteiger partial charge is 0.324 e. The Balaban J connectivity index is 1.39. The molecule has 0 unspecified atom stereocenters. The van der Waals surface area contributed by atoms with Crippen molar-refractivity contribution in [1.29, 1.82) is 0 Å². The van der Waals surface area contributed by atoms with Gasteiger partial charge in [0.15, 0.2) is 0 Å². The summed E-state index contributed by atoms with van der Waals surface area (Å²) in [4.78, 5) is 19.1. The molecule has 0 radical (unpaired) electrons. The molecular weight excluding hydrogens is 314 g/mol. The number of methoxy groups -OCH3 is 1. The molecule has 0 aromatic heterocycles. The van der Waals surface area contributed by atoms with E-state index in [1.807, 2.05) is 40.1 Å². The fourth-order valence-corrected chi connectivity index (χ4v) is 3.66. The van der Waals surface area contributed by atoms with Crippen molar-refractivity contribution in [2.24, 2.45) is 0 Å². The average molecular weight is 337 g/mol. The van der Waals surface area contributed by atoms with Crippen LogP contribution >= 0.6 is 0 Å². The fraction of sp³-hybridized carbons (Fsp3) is 0.350. The molecule has 0 saturated carbocycles. The van der Waals surface area contributed by atoms with Crippen molar-refractivity contribution in [3.05, 3.63) is 54.1 Å². The molecule has 5 nitrogen and oxygen atoms in total. The normalized spacial score (nSPS) is 16.8. The Bertz CT molecular complexity index is 752. The van der Waals surface area contributed by atoms with Gasteiger partial charge in [-0.15, -0.1) is 0 Å². The van der Waals surface area contributed by atoms with E-state index < -0.39 is 0 Å². The first kappa shape index (κ1) is 15.8. The van der Waals surface area contributed by atoms with Crippen molar-refractivity contribution in [2.75, 3.05) is 49.6 Å². The summed E-state index contributed by atoms with van der Waals surface area (Å²) in [5, 5.41) is 0. The molecule has 1 saturated heterocycles. The van der Waals surface area contributed by atoms with Gasteiger partial charge in [0.2, 0.25) is 0 Å². The summed E-state index contributed by atoms with van der Waals surface area (Å²) in [6.45, 7) is 4.01. The highest BCUT2D eigenvalue weighted by Gasteiger charge is 2.30. The van der Waals surface area contributed by atoms with Crippen molar-refractivity contribution < 1.29 is 9.53 Å².